The van der Waals surface area contributed by atoms with Crippen molar-refractivity contribution in [1.82, 2.24) is 19.7 Å². The van der Waals surface area contributed by atoms with Crippen LogP contribution in [-0.4, -0.2) is 20.9 Å². The molecule has 1 aliphatic rings. The molecule has 1 N–H and O–H groups in total. The summed E-state index contributed by atoms with van der Waals surface area (Å²) in [4.78, 5) is 0. The third-order valence-electron chi connectivity index (χ3n) is 4.46. The third-order valence-corrected chi connectivity index (χ3v) is 4.46. The Morgan fingerprint density at radius 3 is 2.95 bits per heavy atom. The van der Waals surface area contributed by atoms with Crippen LogP contribution < -0.4 is 5.32 Å². The third kappa shape index (κ3) is 1.98. The first-order valence-corrected chi connectivity index (χ1v) is 7.53. The molecule has 0 spiro atoms. The molecular formula is C17H20N4. The lowest BCUT2D eigenvalue weighted by Crippen LogP contribution is -2.25. The van der Waals surface area contributed by atoms with Gasteiger partial charge in [0.15, 0.2) is 0 Å². The van der Waals surface area contributed by atoms with Gasteiger partial charge in [-0.2, -0.15) is 5.10 Å². The molecule has 108 valence electrons. The molecule has 21 heavy (non-hydrogen) atoms. The molecule has 0 aliphatic carbocycles. The first-order valence-electron chi connectivity index (χ1n) is 7.53. The summed E-state index contributed by atoms with van der Waals surface area (Å²) in [5.41, 5.74) is 6.62. The fourth-order valence-electron chi connectivity index (χ4n) is 3.48. The molecule has 3 heterocycles. The molecule has 2 aromatic heterocycles. The Morgan fingerprint density at radius 2 is 2.14 bits per heavy atom. The normalized spacial score (nSPS) is 14.6. The van der Waals surface area contributed by atoms with Crippen LogP contribution in [0.2, 0.25) is 0 Å². The second kappa shape index (κ2) is 4.74. The van der Waals surface area contributed by atoms with E-state index in [2.05, 4.69) is 45.3 Å². The molecule has 4 heteroatoms. The van der Waals surface area contributed by atoms with Crippen molar-refractivity contribution >= 4 is 10.9 Å². The second-order valence-corrected chi connectivity index (χ2v) is 5.86. The first kappa shape index (κ1) is 12.7. The number of nitrogens with zero attached hydrogens (tertiary/aromatic N) is 3. The van der Waals surface area contributed by atoms with Crippen LogP contribution in [0.25, 0.3) is 10.9 Å². The SMILES string of the molecule is Cc1cc(Cn2c3c(c4ccccc42)CCNC3)n(C)n1. The van der Waals surface area contributed by atoms with Crippen LogP contribution in [-0.2, 0) is 26.6 Å². The highest BCUT2D eigenvalue weighted by atomic mass is 15.3. The van der Waals surface area contributed by atoms with Crippen LogP contribution in [0, 0.1) is 6.92 Å². The molecule has 0 amide bonds. The summed E-state index contributed by atoms with van der Waals surface area (Å²) in [5.74, 6) is 0. The Balaban J connectivity index is 1.89. The second-order valence-electron chi connectivity index (χ2n) is 5.86. The quantitative estimate of drug-likeness (QED) is 0.782. The summed E-state index contributed by atoms with van der Waals surface area (Å²) in [7, 11) is 2.03. The zero-order valence-corrected chi connectivity index (χ0v) is 12.6. The number of para-hydroxylation sites is 1. The van der Waals surface area contributed by atoms with E-state index in [-0.39, 0.29) is 0 Å². The van der Waals surface area contributed by atoms with Crippen molar-refractivity contribution in [3.8, 4) is 0 Å². The largest absolute Gasteiger partial charge is 0.337 e. The topological polar surface area (TPSA) is 34.8 Å². The van der Waals surface area contributed by atoms with Crippen molar-refractivity contribution in [3.05, 3.63) is 53.0 Å². The van der Waals surface area contributed by atoms with Crippen molar-refractivity contribution in [2.45, 2.75) is 26.4 Å². The van der Waals surface area contributed by atoms with Gasteiger partial charge in [0.2, 0.25) is 0 Å². The van der Waals surface area contributed by atoms with E-state index in [0.717, 1.165) is 31.7 Å². The van der Waals surface area contributed by atoms with Gasteiger partial charge >= 0.3 is 0 Å². The molecule has 4 nitrogen and oxygen atoms in total. The van der Waals surface area contributed by atoms with Crippen molar-refractivity contribution in [2.75, 3.05) is 6.54 Å². The van der Waals surface area contributed by atoms with E-state index in [1.807, 2.05) is 18.7 Å². The molecule has 0 fully saturated rings. The Bertz CT molecular complexity index is 810. The lowest BCUT2D eigenvalue weighted by atomic mass is 10.1. The predicted octanol–water partition coefficient (Wildman–Crippen LogP) is 2.38. The van der Waals surface area contributed by atoms with Crippen molar-refractivity contribution < 1.29 is 0 Å². The fraction of sp³-hybridized carbons (Fsp3) is 0.353. The maximum Gasteiger partial charge on any atom is 0.0648 e. The number of hydrogen-bond acceptors (Lipinski definition) is 2. The first-order chi connectivity index (χ1) is 10.2. The van der Waals surface area contributed by atoms with E-state index in [4.69, 9.17) is 0 Å². The minimum Gasteiger partial charge on any atom is -0.337 e. The lowest BCUT2D eigenvalue weighted by Gasteiger charge is -2.17. The zero-order chi connectivity index (χ0) is 14.4. The smallest absolute Gasteiger partial charge is 0.0648 e. The Labute approximate surface area is 124 Å². The average Bonchev–Trinajstić information content (AvgIpc) is 2.98. The summed E-state index contributed by atoms with van der Waals surface area (Å²) >= 11 is 0. The van der Waals surface area contributed by atoms with Gasteiger partial charge in [0.1, 0.15) is 0 Å². The monoisotopic (exact) mass is 280 g/mol. The number of hydrogen-bond donors (Lipinski definition) is 1. The molecule has 0 saturated carbocycles. The van der Waals surface area contributed by atoms with E-state index >= 15 is 0 Å². The van der Waals surface area contributed by atoms with Gasteiger partial charge in [0.25, 0.3) is 0 Å². The maximum absolute atomic E-state index is 4.47. The summed E-state index contributed by atoms with van der Waals surface area (Å²) in [6.45, 7) is 4.97. The number of aromatic nitrogens is 3. The maximum atomic E-state index is 4.47. The van der Waals surface area contributed by atoms with Gasteiger partial charge < -0.3 is 9.88 Å². The number of nitrogens with one attached hydrogen (secondary N) is 1. The van der Waals surface area contributed by atoms with Gasteiger partial charge in [0.05, 0.1) is 17.9 Å². The number of rotatable bonds is 2. The minimum absolute atomic E-state index is 0.884. The van der Waals surface area contributed by atoms with Crippen LogP contribution in [0.1, 0.15) is 22.6 Å². The van der Waals surface area contributed by atoms with E-state index in [9.17, 15) is 0 Å². The van der Waals surface area contributed by atoms with Crippen LogP contribution in [0.5, 0.6) is 0 Å². The molecule has 1 aliphatic heterocycles. The van der Waals surface area contributed by atoms with Crippen LogP contribution >= 0.6 is 0 Å². The summed E-state index contributed by atoms with van der Waals surface area (Å²) in [6, 6.07) is 10.9. The number of fused-ring (bicyclic) bond motifs is 3. The van der Waals surface area contributed by atoms with Crippen LogP contribution in [0.15, 0.2) is 30.3 Å². The highest BCUT2D eigenvalue weighted by Crippen LogP contribution is 2.29. The van der Waals surface area contributed by atoms with Gasteiger partial charge in [-0.05, 0) is 37.6 Å². The molecule has 4 rings (SSSR count). The zero-order valence-electron chi connectivity index (χ0n) is 12.6. The highest BCUT2D eigenvalue weighted by molar-refractivity contribution is 5.86. The highest BCUT2D eigenvalue weighted by Gasteiger charge is 2.20. The number of aryl methyl sites for hydroxylation is 2. The molecule has 0 atom stereocenters. The molecule has 0 bridgehead atoms. The van der Waals surface area contributed by atoms with Gasteiger partial charge in [-0.15, -0.1) is 0 Å². The predicted molar refractivity (Wildman–Crippen MR) is 84.4 cm³/mol. The van der Waals surface area contributed by atoms with Gasteiger partial charge in [-0.3, -0.25) is 4.68 Å². The van der Waals surface area contributed by atoms with Gasteiger partial charge in [-0.1, -0.05) is 18.2 Å². The minimum atomic E-state index is 0.884. The molecular weight excluding hydrogens is 260 g/mol. The van der Waals surface area contributed by atoms with Gasteiger partial charge in [0, 0.05) is 30.2 Å². The Hall–Kier alpha value is -2.07. The molecule has 0 unspecified atom stereocenters. The molecule has 0 radical (unpaired) electrons. The standard InChI is InChI=1S/C17H20N4/c1-12-9-13(20(2)19-12)11-21-16-6-4-3-5-14(16)15-7-8-18-10-17(15)21/h3-6,9,18H,7-8,10-11H2,1-2H3. The number of benzene rings is 1. The summed E-state index contributed by atoms with van der Waals surface area (Å²) in [5, 5.41) is 9.39. The lowest BCUT2D eigenvalue weighted by molar-refractivity contribution is 0.589. The van der Waals surface area contributed by atoms with E-state index in [1.54, 1.807) is 0 Å². The Morgan fingerprint density at radius 1 is 1.29 bits per heavy atom. The van der Waals surface area contributed by atoms with E-state index in [1.165, 1.54) is 27.9 Å². The van der Waals surface area contributed by atoms with Gasteiger partial charge in [-0.25, -0.2) is 0 Å². The van der Waals surface area contributed by atoms with Crippen molar-refractivity contribution in [1.29, 1.82) is 0 Å². The van der Waals surface area contributed by atoms with Crippen LogP contribution in [0.4, 0.5) is 0 Å². The van der Waals surface area contributed by atoms with Crippen molar-refractivity contribution in [3.63, 3.8) is 0 Å². The van der Waals surface area contributed by atoms with E-state index < -0.39 is 0 Å². The Kier molecular flexibility index (Phi) is 2.86. The van der Waals surface area contributed by atoms with Crippen molar-refractivity contribution in [2.24, 2.45) is 7.05 Å². The molecule has 3 aromatic rings. The van der Waals surface area contributed by atoms with Crippen LogP contribution in [0.3, 0.4) is 0 Å². The molecule has 0 saturated heterocycles. The molecule has 1 aromatic carbocycles. The fourth-order valence-corrected chi connectivity index (χ4v) is 3.48. The average molecular weight is 280 g/mol. The van der Waals surface area contributed by atoms with E-state index in [0.29, 0.717) is 0 Å². The summed E-state index contributed by atoms with van der Waals surface area (Å²) in [6.07, 6.45) is 1.12. The summed E-state index contributed by atoms with van der Waals surface area (Å²) < 4.78 is 4.44.